The molecule has 240 valence electrons. The molecule has 10 rings (SSSR count). The zero-order chi connectivity index (χ0) is 33.7. The summed E-state index contributed by atoms with van der Waals surface area (Å²) in [5, 5.41) is 5.24. The van der Waals surface area contributed by atoms with Gasteiger partial charge in [-0.05, 0) is 47.9 Å². The molecule has 0 amide bonds. The summed E-state index contributed by atoms with van der Waals surface area (Å²) in [6.45, 7) is 0. The van der Waals surface area contributed by atoms with Crippen molar-refractivity contribution >= 4 is 49.2 Å². The second-order valence-electron chi connectivity index (χ2n) is 13.0. The van der Waals surface area contributed by atoms with E-state index in [9.17, 15) is 0 Å². The van der Waals surface area contributed by atoms with Crippen LogP contribution in [0.2, 0.25) is 0 Å². The molecule has 5 heteroatoms. The highest BCUT2D eigenvalue weighted by molar-refractivity contribution is 6.24. The Morgan fingerprint density at radius 2 is 1.18 bits per heavy atom. The predicted molar refractivity (Wildman–Crippen MR) is 207 cm³/mol. The number of nitrogens with zero attached hydrogens (tertiary/aromatic N) is 4. The lowest BCUT2D eigenvalue weighted by Crippen LogP contribution is -2.07. The SMILES string of the molecule is C1=CC(c2ccccc2)CC(c2nc(-c3ccccc3)nc(-c3ccc4oc5c(ccc6c(-c7ccccc7)nc7ccccc7c65)c4c3)n2)=C1. The minimum Gasteiger partial charge on any atom is -0.455 e. The standard InChI is InChI=1S/C46H30N4O/c1-4-13-29(14-5-1)32-19-12-20-33(27-32)45-48-44(31-17-8-3-9-18-31)49-46(50-45)34-23-26-40-38(28-34)35-24-25-37-41(43(35)51-40)36-21-10-11-22-39(36)47-42(37)30-15-6-2-7-16-30/h1-26,28,32H,27H2. The Labute approximate surface area is 294 Å². The number of hydrogen-bond acceptors (Lipinski definition) is 5. The summed E-state index contributed by atoms with van der Waals surface area (Å²) in [6.07, 6.45) is 7.32. The molecule has 51 heavy (non-hydrogen) atoms. The Kier molecular flexibility index (Phi) is 6.88. The molecule has 0 saturated heterocycles. The number of pyridine rings is 1. The monoisotopic (exact) mass is 654 g/mol. The first-order valence-electron chi connectivity index (χ1n) is 17.2. The molecule has 3 aromatic heterocycles. The van der Waals surface area contributed by atoms with Crippen LogP contribution in [0.15, 0.2) is 168 Å². The molecular formula is C46H30N4O. The van der Waals surface area contributed by atoms with Gasteiger partial charge >= 0.3 is 0 Å². The van der Waals surface area contributed by atoms with Crippen LogP contribution in [0.25, 0.3) is 83.2 Å². The smallest absolute Gasteiger partial charge is 0.164 e. The van der Waals surface area contributed by atoms with Gasteiger partial charge in [0, 0.05) is 49.5 Å². The highest BCUT2D eigenvalue weighted by Gasteiger charge is 2.21. The van der Waals surface area contributed by atoms with Gasteiger partial charge < -0.3 is 4.42 Å². The van der Waals surface area contributed by atoms with Gasteiger partial charge in [0.1, 0.15) is 11.2 Å². The summed E-state index contributed by atoms with van der Waals surface area (Å²) in [6, 6.07) is 50.0. The number of allylic oxidation sites excluding steroid dienone is 4. The molecule has 0 saturated carbocycles. The van der Waals surface area contributed by atoms with Crippen LogP contribution in [0.4, 0.5) is 0 Å². The maximum atomic E-state index is 6.72. The molecule has 0 fully saturated rings. The first kappa shape index (κ1) is 29.2. The number of para-hydroxylation sites is 1. The van der Waals surface area contributed by atoms with E-state index in [0.717, 1.165) is 78.0 Å². The molecule has 0 spiro atoms. The minimum absolute atomic E-state index is 0.253. The molecule has 5 nitrogen and oxygen atoms in total. The van der Waals surface area contributed by atoms with Crippen LogP contribution in [0.5, 0.6) is 0 Å². The van der Waals surface area contributed by atoms with Gasteiger partial charge in [-0.1, -0.05) is 133 Å². The maximum absolute atomic E-state index is 6.72. The van der Waals surface area contributed by atoms with E-state index in [1.807, 2.05) is 48.5 Å². The number of fused-ring (bicyclic) bond motifs is 7. The van der Waals surface area contributed by atoms with Gasteiger partial charge in [-0.25, -0.2) is 19.9 Å². The van der Waals surface area contributed by atoms with E-state index in [-0.39, 0.29) is 5.92 Å². The predicted octanol–water partition coefficient (Wildman–Crippen LogP) is 11.6. The van der Waals surface area contributed by atoms with E-state index in [1.165, 1.54) is 5.56 Å². The molecule has 1 aliphatic rings. The van der Waals surface area contributed by atoms with Gasteiger partial charge in [0.15, 0.2) is 17.5 Å². The Balaban J connectivity index is 1.14. The summed E-state index contributed by atoms with van der Waals surface area (Å²) >= 11 is 0. The van der Waals surface area contributed by atoms with Gasteiger partial charge in [0.05, 0.1) is 11.2 Å². The lowest BCUT2D eigenvalue weighted by atomic mass is 9.88. The number of rotatable bonds is 5. The molecule has 3 heterocycles. The lowest BCUT2D eigenvalue weighted by Gasteiger charge is -2.19. The van der Waals surface area contributed by atoms with Crippen molar-refractivity contribution in [2.75, 3.05) is 0 Å². The van der Waals surface area contributed by atoms with Crippen molar-refractivity contribution < 1.29 is 4.42 Å². The molecule has 1 atom stereocenters. The molecule has 0 N–H and O–H groups in total. The number of hydrogen-bond donors (Lipinski definition) is 0. The summed E-state index contributed by atoms with van der Waals surface area (Å²) in [4.78, 5) is 20.3. The van der Waals surface area contributed by atoms with Crippen LogP contribution in [-0.4, -0.2) is 19.9 Å². The van der Waals surface area contributed by atoms with Crippen molar-refractivity contribution in [1.29, 1.82) is 0 Å². The van der Waals surface area contributed by atoms with Gasteiger partial charge in [-0.2, -0.15) is 0 Å². The number of benzene rings is 6. The molecule has 1 unspecified atom stereocenters. The third-order valence-corrected chi connectivity index (χ3v) is 9.87. The van der Waals surface area contributed by atoms with E-state index in [4.69, 9.17) is 24.4 Å². The van der Waals surface area contributed by atoms with Gasteiger partial charge in [-0.15, -0.1) is 0 Å². The molecule has 9 aromatic rings. The Hall–Kier alpha value is -6.72. The quantitative estimate of drug-likeness (QED) is 0.173. The molecule has 1 aliphatic carbocycles. The van der Waals surface area contributed by atoms with Crippen molar-refractivity contribution in [3.05, 3.63) is 175 Å². The fourth-order valence-corrected chi connectivity index (χ4v) is 7.36. The van der Waals surface area contributed by atoms with E-state index in [2.05, 4.69) is 115 Å². The largest absolute Gasteiger partial charge is 0.455 e. The Bertz CT molecular complexity index is 2820. The average molecular weight is 655 g/mol. The Morgan fingerprint density at radius 3 is 1.98 bits per heavy atom. The number of aromatic nitrogens is 4. The first-order valence-corrected chi connectivity index (χ1v) is 17.2. The second-order valence-corrected chi connectivity index (χ2v) is 13.0. The molecule has 0 bridgehead atoms. The van der Waals surface area contributed by atoms with E-state index >= 15 is 0 Å². The van der Waals surface area contributed by atoms with Crippen LogP contribution in [0, 0.1) is 0 Å². The van der Waals surface area contributed by atoms with Crippen LogP contribution < -0.4 is 0 Å². The van der Waals surface area contributed by atoms with Crippen molar-refractivity contribution in [2.45, 2.75) is 12.3 Å². The Morgan fingerprint density at radius 1 is 0.510 bits per heavy atom. The topological polar surface area (TPSA) is 64.7 Å². The summed E-state index contributed by atoms with van der Waals surface area (Å²) in [5.41, 5.74) is 8.83. The third-order valence-electron chi connectivity index (χ3n) is 9.87. The van der Waals surface area contributed by atoms with Crippen LogP contribution >= 0.6 is 0 Å². The summed E-state index contributed by atoms with van der Waals surface area (Å²) in [5.74, 6) is 2.23. The van der Waals surface area contributed by atoms with E-state index in [0.29, 0.717) is 17.5 Å². The van der Waals surface area contributed by atoms with Gasteiger partial charge in [0.25, 0.3) is 0 Å². The van der Waals surface area contributed by atoms with Crippen molar-refractivity contribution in [3.8, 4) is 34.0 Å². The van der Waals surface area contributed by atoms with Crippen molar-refractivity contribution in [2.24, 2.45) is 0 Å². The normalized spacial score (nSPS) is 14.4. The first-order chi connectivity index (χ1) is 25.3. The maximum Gasteiger partial charge on any atom is 0.164 e. The van der Waals surface area contributed by atoms with Crippen LogP contribution in [0.3, 0.4) is 0 Å². The highest BCUT2D eigenvalue weighted by atomic mass is 16.3. The van der Waals surface area contributed by atoms with E-state index in [1.54, 1.807) is 0 Å². The fourth-order valence-electron chi connectivity index (χ4n) is 7.36. The summed E-state index contributed by atoms with van der Waals surface area (Å²) < 4.78 is 6.72. The van der Waals surface area contributed by atoms with Gasteiger partial charge in [0.2, 0.25) is 0 Å². The molecular weight excluding hydrogens is 625 g/mol. The second kappa shape index (κ2) is 12.0. The molecule has 6 aromatic carbocycles. The third kappa shape index (κ3) is 5.10. The van der Waals surface area contributed by atoms with E-state index < -0.39 is 0 Å². The average Bonchev–Trinajstić information content (AvgIpc) is 3.59. The van der Waals surface area contributed by atoms with Crippen molar-refractivity contribution in [3.63, 3.8) is 0 Å². The fraction of sp³-hybridized carbons (Fsp3) is 0.0435. The highest BCUT2D eigenvalue weighted by Crippen LogP contribution is 2.41. The molecule has 0 aliphatic heterocycles. The lowest BCUT2D eigenvalue weighted by molar-refractivity contribution is 0.673. The van der Waals surface area contributed by atoms with Crippen LogP contribution in [-0.2, 0) is 0 Å². The summed E-state index contributed by atoms with van der Waals surface area (Å²) in [7, 11) is 0. The van der Waals surface area contributed by atoms with Crippen molar-refractivity contribution in [1.82, 2.24) is 19.9 Å². The minimum atomic E-state index is 0.253. The number of furan rings is 1. The van der Waals surface area contributed by atoms with Gasteiger partial charge in [-0.3, -0.25) is 0 Å². The van der Waals surface area contributed by atoms with Crippen LogP contribution in [0.1, 0.15) is 23.7 Å². The zero-order valence-corrected chi connectivity index (χ0v) is 27.6. The molecule has 0 radical (unpaired) electrons. The zero-order valence-electron chi connectivity index (χ0n) is 27.6.